The number of ether oxygens (including phenoxy) is 2. The zero-order valence-electron chi connectivity index (χ0n) is 21.3. The van der Waals surface area contributed by atoms with E-state index < -0.39 is 0 Å². The molecule has 0 bridgehead atoms. The van der Waals surface area contributed by atoms with Crippen molar-refractivity contribution in [3.63, 3.8) is 0 Å². The van der Waals surface area contributed by atoms with Crippen LogP contribution in [0.1, 0.15) is 40.6 Å². The van der Waals surface area contributed by atoms with Crippen molar-refractivity contribution in [2.45, 2.75) is 40.2 Å². The van der Waals surface area contributed by atoms with E-state index in [0.717, 1.165) is 60.1 Å². The third-order valence-electron chi connectivity index (χ3n) is 6.80. The minimum atomic E-state index is 0.142. The first kappa shape index (κ1) is 24.8. The molecule has 1 aliphatic heterocycles. The van der Waals surface area contributed by atoms with Gasteiger partial charge in [0.05, 0.1) is 19.2 Å². The molecule has 2 heterocycles. The molecule has 7 heteroatoms. The number of carbonyl (C=O) groups is 1. The lowest BCUT2D eigenvalue weighted by Gasteiger charge is -2.27. The van der Waals surface area contributed by atoms with Crippen molar-refractivity contribution < 1.29 is 14.3 Å². The van der Waals surface area contributed by atoms with E-state index in [1.807, 2.05) is 43.0 Å². The van der Waals surface area contributed by atoms with Crippen molar-refractivity contribution >= 4 is 5.91 Å². The maximum atomic E-state index is 13.0. The first-order valence-electron chi connectivity index (χ1n) is 12.4. The number of aromatic nitrogens is 2. The quantitative estimate of drug-likeness (QED) is 0.584. The SMILES string of the molecule is CCN1CCN(Cc2ccc(OC)c(Cc3c(C)n[nH]c3C)c2)CCOc2ccccc2CC1=O. The van der Waals surface area contributed by atoms with Gasteiger partial charge in [0.1, 0.15) is 18.1 Å². The minimum absolute atomic E-state index is 0.142. The summed E-state index contributed by atoms with van der Waals surface area (Å²) in [5.74, 6) is 1.83. The number of methoxy groups -OCH3 is 1. The van der Waals surface area contributed by atoms with E-state index in [1.54, 1.807) is 7.11 Å². The number of nitrogens with zero attached hydrogens (tertiary/aromatic N) is 3. The van der Waals surface area contributed by atoms with Crippen LogP contribution in [0.2, 0.25) is 0 Å². The van der Waals surface area contributed by atoms with Crippen molar-refractivity contribution in [3.05, 3.63) is 76.1 Å². The molecule has 4 rings (SSSR count). The molecule has 35 heavy (non-hydrogen) atoms. The molecular weight excluding hydrogens is 440 g/mol. The number of carbonyl (C=O) groups excluding carboxylic acids is 1. The van der Waals surface area contributed by atoms with Gasteiger partial charge in [-0.25, -0.2) is 0 Å². The smallest absolute Gasteiger partial charge is 0.227 e. The van der Waals surface area contributed by atoms with Crippen LogP contribution in [0.25, 0.3) is 0 Å². The number of H-pyrrole nitrogens is 1. The number of likely N-dealkylation sites (N-methyl/N-ethyl adjacent to an activating group) is 1. The summed E-state index contributed by atoms with van der Waals surface area (Å²) in [4.78, 5) is 17.3. The Morgan fingerprint density at radius 3 is 2.69 bits per heavy atom. The molecule has 1 N–H and O–H groups in total. The van der Waals surface area contributed by atoms with E-state index in [-0.39, 0.29) is 5.91 Å². The number of para-hydroxylation sites is 1. The molecule has 186 valence electrons. The molecule has 7 nitrogen and oxygen atoms in total. The Hall–Kier alpha value is -3.32. The Labute approximate surface area is 208 Å². The van der Waals surface area contributed by atoms with Crippen LogP contribution < -0.4 is 9.47 Å². The molecule has 1 aromatic heterocycles. The number of nitrogens with one attached hydrogen (secondary N) is 1. The van der Waals surface area contributed by atoms with Gasteiger partial charge in [-0.3, -0.25) is 14.8 Å². The van der Waals surface area contributed by atoms with Crippen LogP contribution in [0.3, 0.4) is 0 Å². The van der Waals surface area contributed by atoms with Crippen LogP contribution in [0.15, 0.2) is 42.5 Å². The Kier molecular flexibility index (Phi) is 8.08. The zero-order chi connectivity index (χ0) is 24.8. The van der Waals surface area contributed by atoms with Gasteiger partial charge in [-0.15, -0.1) is 0 Å². The zero-order valence-corrected chi connectivity index (χ0v) is 21.3. The van der Waals surface area contributed by atoms with Crippen LogP contribution in [0, 0.1) is 13.8 Å². The maximum Gasteiger partial charge on any atom is 0.227 e. The fraction of sp³-hybridized carbons (Fsp3) is 0.429. The number of hydrogen-bond acceptors (Lipinski definition) is 5. The normalized spacial score (nSPS) is 15.3. The first-order chi connectivity index (χ1) is 17.0. The molecule has 0 saturated carbocycles. The highest BCUT2D eigenvalue weighted by molar-refractivity contribution is 5.79. The Bertz CT molecular complexity index is 1140. The van der Waals surface area contributed by atoms with Gasteiger partial charge in [-0.2, -0.15) is 5.10 Å². The van der Waals surface area contributed by atoms with Crippen molar-refractivity contribution in [2.24, 2.45) is 0 Å². The van der Waals surface area contributed by atoms with E-state index in [4.69, 9.17) is 9.47 Å². The summed E-state index contributed by atoms with van der Waals surface area (Å²) in [6.07, 6.45) is 1.14. The van der Waals surface area contributed by atoms with Gasteiger partial charge in [0, 0.05) is 56.0 Å². The van der Waals surface area contributed by atoms with Crippen molar-refractivity contribution in [1.29, 1.82) is 0 Å². The van der Waals surface area contributed by atoms with E-state index >= 15 is 0 Å². The molecule has 0 spiro atoms. The molecule has 2 aromatic carbocycles. The van der Waals surface area contributed by atoms with Gasteiger partial charge in [-0.1, -0.05) is 30.3 Å². The molecule has 0 fully saturated rings. The molecule has 0 atom stereocenters. The minimum Gasteiger partial charge on any atom is -0.496 e. The summed E-state index contributed by atoms with van der Waals surface area (Å²) < 4.78 is 11.8. The van der Waals surface area contributed by atoms with E-state index in [9.17, 15) is 4.79 Å². The Balaban J connectivity index is 1.54. The van der Waals surface area contributed by atoms with Crippen molar-refractivity contribution in [2.75, 3.05) is 39.9 Å². The maximum absolute atomic E-state index is 13.0. The second kappa shape index (κ2) is 11.4. The summed E-state index contributed by atoms with van der Waals surface area (Å²) in [7, 11) is 1.72. The fourth-order valence-electron chi connectivity index (χ4n) is 4.69. The fourth-order valence-corrected chi connectivity index (χ4v) is 4.69. The number of rotatable bonds is 6. The predicted molar refractivity (Wildman–Crippen MR) is 137 cm³/mol. The van der Waals surface area contributed by atoms with Gasteiger partial charge in [-0.05, 0) is 44.0 Å². The number of aromatic amines is 1. The summed E-state index contributed by atoms with van der Waals surface area (Å²) in [5.41, 5.74) is 6.62. The monoisotopic (exact) mass is 476 g/mol. The van der Waals surface area contributed by atoms with Crippen molar-refractivity contribution in [1.82, 2.24) is 20.0 Å². The standard InChI is InChI=1S/C28H36N4O3/c1-5-32-13-12-31(14-15-35-27-9-7-6-8-23(27)18-28(32)33)19-22-10-11-26(34-4)24(16-22)17-25-20(2)29-30-21(25)3/h6-11,16H,5,12-15,17-19H2,1-4H3,(H,29,30). The summed E-state index contributed by atoms with van der Waals surface area (Å²) >= 11 is 0. The van der Waals surface area contributed by atoms with Gasteiger partial charge < -0.3 is 14.4 Å². The van der Waals surface area contributed by atoms with Gasteiger partial charge in [0.15, 0.2) is 0 Å². The molecule has 0 aliphatic carbocycles. The molecule has 0 radical (unpaired) electrons. The molecule has 3 aromatic rings. The average Bonchev–Trinajstić information content (AvgIpc) is 3.16. The molecule has 0 saturated heterocycles. The highest BCUT2D eigenvalue weighted by Gasteiger charge is 2.19. The lowest BCUT2D eigenvalue weighted by molar-refractivity contribution is -0.130. The number of aryl methyl sites for hydroxylation is 2. The van der Waals surface area contributed by atoms with Gasteiger partial charge >= 0.3 is 0 Å². The topological polar surface area (TPSA) is 70.7 Å². The highest BCUT2D eigenvalue weighted by atomic mass is 16.5. The van der Waals surface area contributed by atoms with Crippen LogP contribution in [0.5, 0.6) is 11.5 Å². The van der Waals surface area contributed by atoms with Crippen LogP contribution in [-0.2, 0) is 24.2 Å². The lowest BCUT2D eigenvalue weighted by Crippen LogP contribution is -2.39. The molecule has 1 amide bonds. The summed E-state index contributed by atoms with van der Waals surface area (Å²) in [6, 6.07) is 14.3. The number of amides is 1. The van der Waals surface area contributed by atoms with E-state index in [1.165, 1.54) is 11.1 Å². The first-order valence-corrected chi connectivity index (χ1v) is 12.4. The second-order valence-electron chi connectivity index (χ2n) is 9.12. The van der Waals surface area contributed by atoms with Gasteiger partial charge in [0.2, 0.25) is 5.91 Å². The van der Waals surface area contributed by atoms with E-state index in [0.29, 0.717) is 26.1 Å². The summed E-state index contributed by atoms with van der Waals surface area (Å²) in [6.45, 7) is 10.5. The van der Waals surface area contributed by atoms with Crippen molar-refractivity contribution in [3.8, 4) is 11.5 Å². The third-order valence-corrected chi connectivity index (χ3v) is 6.80. The van der Waals surface area contributed by atoms with Crippen LogP contribution in [-0.4, -0.2) is 65.8 Å². The highest BCUT2D eigenvalue weighted by Crippen LogP contribution is 2.26. The Morgan fingerprint density at radius 2 is 1.94 bits per heavy atom. The van der Waals surface area contributed by atoms with E-state index in [2.05, 4.69) is 40.2 Å². The largest absolute Gasteiger partial charge is 0.496 e. The number of fused-ring (bicyclic) bond motifs is 1. The molecule has 0 unspecified atom stereocenters. The predicted octanol–water partition coefficient (Wildman–Crippen LogP) is 3.91. The lowest BCUT2D eigenvalue weighted by atomic mass is 10.00. The number of benzene rings is 2. The number of hydrogen-bond donors (Lipinski definition) is 1. The van der Waals surface area contributed by atoms with Crippen LogP contribution >= 0.6 is 0 Å². The third kappa shape index (κ3) is 6.03. The molecular formula is C28H36N4O3. The van der Waals surface area contributed by atoms with Crippen LogP contribution in [0.4, 0.5) is 0 Å². The average molecular weight is 477 g/mol. The second-order valence-corrected chi connectivity index (χ2v) is 9.12. The Morgan fingerprint density at radius 1 is 1.11 bits per heavy atom. The molecule has 1 aliphatic rings. The van der Waals surface area contributed by atoms with Gasteiger partial charge in [0.25, 0.3) is 0 Å². The summed E-state index contributed by atoms with van der Waals surface area (Å²) in [5, 5.41) is 7.42.